The van der Waals surface area contributed by atoms with Gasteiger partial charge in [0.25, 0.3) is 0 Å². The second-order valence-electron chi connectivity index (χ2n) is 7.75. The lowest BCUT2D eigenvalue weighted by Crippen LogP contribution is -2.26. The van der Waals surface area contributed by atoms with Crippen LogP contribution in [-0.4, -0.2) is 40.7 Å². The maximum atomic E-state index is 14.3. The first-order chi connectivity index (χ1) is 14.7. The van der Waals surface area contributed by atoms with Gasteiger partial charge < -0.3 is 10.3 Å². The highest BCUT2D eigenvalue weighted by Crippen LogP contribution is 2.36. The van der Waals surface area contributed by atoms with E-state index in [9.17, 15) is 17.2 Å². The van der Waals surface area contributed by atoms with Crippen LogP contribution < -0.4 is 10.5 Å². The Bertz CT molecular complexity index is 1260. The Hall–Kier alpha value is -2.66. The van der Waals surface area contributed by atoms with E-state index in [4.69, 9.17) is 5.73 Å². The van der Waals surface area contributed by atoms with Gasteiger partial charge in [-0.05, 0) is 41.5 Å². The number of imidazole rings is 1. The number of fused-ring (bicyclic) bond motifs is 2. The minimum absolute atomic E-state index is 0.0696. The molecule has 2 heterocycles. The summed E-state index contributed by atoms with van der Waals surface area (Å²) in [6.45, 7) is 2.28. The van der Waals surface area contributed by atoms with E-state index < -0.39 is 22.3 Å². The van der Waals surface area contributed by atoms with Crippen molar-refractivity contribution in [1.82, 2.24) is 24.2 Å². The number of hydrogen-bond donors (Lipinski definition) is 2. The number of nitrogens with zero attached hydrogens (tertiary/aromatic N) is 4. The van der Waals surface area contributed by atoms with Gasteiger partial charge in [-0.25, -0.2) is 22.5 Å². The predicted molar refractivity (Wildman–Crippen MR) is 113 cm³/mol. The summed E-state index contributed by atoms with van der Waals surface area (Å²) in [5.41, 5.74) is 10.0. The minimum atomic E-state index is -3.40. The van der Waals surface area contributed by atoms with Crippen LogP contribution in [0.15, 0.2) is 12.1 Å². The molecule has 0 radical (unpaired) electrons. The molecular formula is C20H24F2N6O2S. The van der Waals surface area contributed by atoms with E-state index in [0.29, 0.717) is 24.2 Å². The molecule has 3 aromatic rings. The number of nitrogen functional groups attached to an aromatic ring is 1. The standard InChI is InChI=1S/C20H24F2N6O2S/c1-3-11-8-12-4-5-15(21)14(12)9-13(11)10-16-25-17-18(23)26-20(22)27-19(17)28(16)7-6-24-31(2,29)30/h8-9,15,24H,3-7,10H2,1-2H3,(H2,23,26,27). The lowest BCUT2D eigenvalue weighted by atomic mass is 9.96. The molecule has 0 spiro atoms. The fourth-order valence-electron chi connectivity index (χ4n) is 4.12. The SMILES string of the molecule is CCc1cc2c(cc1Cc1nc3c(N)nc(F)nc3n1CCNS(C)(=O)=O)C(F)CC2. The van der Waals surface area contributed by atoms with Gasteiger partial charge in [0.1, 0.15) is 12.0 Å². The van der Waals surface area contributed by atoms with E-state index in [1.165, 1.54) is 0 Å². The third-order valence-electron chi connectivity index (χ3n) is 5.57. The third kappa shape index (κ3) is 4.38. The summed E-state index contributed by atoms with van der Waals surface area (Å²) < 4.78 is 55.1. The lowest BCUT2D eigenvalue weighted by molar-refractivity contribution is 0.343. The van der Waals surface area contributed by atoms with Crippen molar-refractivity contribution in [2.75, 3.05) is 18.5 Å². The molecule has 0 amide bonds. The Morgan fingerprint density at radius 1 is 1.26 bits per heavy atom. The monoisotopic (exact) mass is 450 g/mol. The summed E-state index contributed by atoms with van der Waals surface area (Å²) in [6.07, 6.45) is 1.43. The van der Waals surface area contributed by atoms with Crippen LogP contribution >= 0.6 is 0 Å². The minimum Gasteiger partial charge on any atom is -0.382 e. The normalized spacial score (nSPS) is 16.2. The summed E-state index contributed by atoms with van der Waals surface area (Å²) in [6, 6.07) is 3.94. The van der Waals surface area contributed by atoms with Crippen LogP contribution in [0.5, 0.6) is 0 Å². The Labute approximate surface area is 179 Å². The summed E-state index contributed by atoms with van der Waals surface area (Å²) in [5, 5.41) is 0. The number of rotatable bonds is 7. The number of sulfonamides is 1. The van der Waals surface area contributed by atoms with Crippen molar-refractivity contribution in [1.29, 1.82) is 0 Å². The molecule has 4 rings (SSSR count). The fraction of sp³-hybridized carbons (Fsp3) is 0.450. The molecule has 11 heteroatoms. The first kappa shape index (κ1) is 21.6. The number of nitrogens with two attached hydrogens (primary N) is 1. The molecule has 1 aromatic carbocycles. The number of benzene rings is 1. The van der Waals surface area contributed by atoms with Crippen molar-refractivity contribution >= 4 is 27.0 Å². The highest BCUT2D eigenvalue weighted by atomic mass is 32.2. The van der Waals surface area contributed by atoms with E-state index in [1.807, 2.05) is 13.0 Å². The Morgan fingerprint density at radius 2 is 2.03 bits per heavy atom. The highest BCUT2D eigenvalue weighted by Gasteiger charge is 2.25. The third-order valence-corrected chi connectivity index (χ3v) is 6.30. The molecule has 2 aromatic heterocycles. The average Bonchev–Trinajstić information content (AvgIpc) is 3.21. The number of aromatic nitrogens is 4. The smallest absolute Gasteiger partial charge is 0.312 e. The van der Waals surface area contributed by atoms with Crippen molar-refractivity contribution in [3.63, 3.8) is 0 Å². The number of alkyl halides is 1. The largest absolute Gasteiger partial charge is 0.382 e. The molecule has 1 atom stereocenters. The molecule has 166 valence electrons. The van der Waals surface area contributed by atoms with Crippen LogP contribution in [0.4, 0.5) is 14.6 Å². The van der Waals surface area contributed by atoms with E-state index in [0.717, 1.165) is 35.8 Å². The van der Waals surface area contributed by atoms with Gasteiger partial charge in [0.05, 0.1) is 6.26 Å². The maximum Gasteiger partial charge on any atom is 0.312 e. The van der Waals surface area contributed by atoms with E-state index in [1.54, 1.807) is 4.57 Å². The first-order valence-corrected chi connectivity index (χ1v) is 12.0. The number of anilines is 1. The van der Waals surface area contributed by atoms with Gasteiger partial charge in [0, 0.05) is 19.5 Å². The van der Waals surface area contributed by atoms with E-state index >= 15 is 0 Å². The second-order valence-corrected chi connectivity index (χ2v) is 9.59. The Balaban J connectivity index is 1.77. The van der Waals surface area contributed by atoms with Gasteiger partial charge in [0.2, 0.25) is 10.0 Å². The summed E-state index contributed by atoms with van der Waals surface area (Å²) in [5.74, 6) is 0.437. The van der Waals surface area contributed by atoms with Crippen LogP contribution in [0.3, 0.4) is 0 Å². The topological polar surface area (TPSA) is 116 Å². The van der Waals surface area contributed by atoms with Crippen molar-refractivity contribution in [3.8, 4) is 0 Å². The molecule has 0 bridgehead atoms. The molecule has 3 N–H and O–H groups in total. The quantitative estimate of drug-likeness (QED) is 0.533. The Morgan fingerprint density at radius 3 is 2.74 bits per heavy atom. The zero-order chi connectivity index (χ0) is 22.3. The summed E-state index contributed by atoms with van der Waals surface area (Å²) in [7, 11) is -3.40. The Kier molecular flexibility index (Phi) is 5.65. The number of nitrogens with one attached hydrogen (secondary N) is 1. The fourth-order valence-corrected chi connectivity index (χ4v) is 4.58. The number of halogens is 2. The van der Waals surface area contributed by atoms with Crippen molar-refractivity contribution in [3.05, 3.63) is 46.3 Å². The molecule has 0 fully saturated rings. The number of aryl methyl sites for hydroxylation is 2. The van der Waals surface area contributed by atoms with Crippen LogP contribution in [0.25, 0.3) is 11.2 Å². The zero-order valence-electron chi connectivity index (χ0n) is 17.3. The number of hydrogen-bond acceptors (Lipinski definition) is 6. The van der Waals surface area contributed by atoms with Gasteiger partial charge in [0.15, 0.2) is 17.0 Å². The van der Waals surface area contributed by atoms with E-state index in [-0.39, 0.29) is 30.1 Å². The average molecular weight is 451 g/mol. The molecule has 0 saturated carbocycles. The maximum absolute atomic E-state index is 14.3. The summed E-state index contributed by atoms with van der Waals surface area (Å²) in [4.78, 5) is 11.9. The molecule has 31 heavy (non-hydrogen) atoms. The van der Waals surface area contributed by atoms with E-state index in [2.05, 4.69) is 25.7 Å². The molecule has 1 unspecified atom stereocenters. The molecule has 1 aliphatic rings. The lowest BCUT2D eigenvalue weighted by Gasteiger charge is -2.14. The summed E-state index contributed by atoms with van der Waals surface area (Å²) >= 11 is 0. The molecule has 8 nitrogen and oxygen atoms in total. The van der Waals surface area contributed by atoms with Crippen LogP contribution in [0, 0.1) is 6.08 Å². The van der Waals surface area contributed by atoms with Crippen LogP contribution in [-0.2, 0) is 35.8 Å². The van der Waals surface area contributed by atoms with Crippen molar-refractivity contribution < 1.29 is 17.2 Å². The van der Waals surface area contributed by atoms with Gasteiger partial charge in [-0.3, -0.25) is 0 Å². The second kappa shape index (κ2) is 8.12. The van der Waals surface area contributed by atoms with Crippen LogP contribution in [0.2, 0.25) is 0 Å². The van der Waals surface area contributed by atoms with Gasteiger partial charge in [-0.1, -0.05) is 19.1 Å². The molecular weight excluding hydrogens is 426 g/mol. The van der Waals surface area contributed by atoms with Crippen molar-refractivity contribution in [2.24, 2.45) is 0 Å². The molecule has 0 aliphatic heterocycles. The molecule has 1 aliphatic carbocycles. The van der Waals surface area contributed by atoms with Crippen LogP contribution in [0.1, 0.15) is 47.6 Å². The molecule has 0 saturated heterocycles. The first-order valence-electron chi connectivity index (χ1n) is 10.1. The van der Waals surface area contributed by atoms with Gasteiger partial charge in [-0.2, -0.15) is 14.4 Å². The van der Waals surface area contributed by atoms with Gasteiger partial charge >= 0.3 is 6.08 Å². The van der Waals surface area contributed by atoms with Gasteiger partial charge in [-0.15, -0.1) is 0 Å². The van der Waals surface area contributed by atoms with Crippen molar-refractivity contribution in [2.45, 2.75) is 45.3 Å². The zero-order valence-corrected chi connectivity index (χ0v) is 18.1. The predicted octanol–water partition coefficient (Wildman–Crippen LogP) is 2.21. The highest BCUT2D eigenvalue weighted by molar-refractivity contribution is 7.88.